The predicted molar refractivity (Wildman–Crippen MR) is 191 cm³/mol. The molecule has 0 radical (unpaired) electrons. The largest absolute Gasteiger partial charge is 0.0622 e. The summed E-state index contributed by atoms with van der Waals surface area (Å²) in [5, 5.41) is 8.59. The van der Waals surface area contributed by atoms with E-state index in [1.807, 2.05) is 0 Å². The highest BCUT2D eigenvalue weighted by atomic mass is 31.1. The molecule has 0 aliphatic heterocycles. The third kappa shape index (κ3) is 5.88. The van der Waals surface area contributed by atoms with E-state index < -0.39 is 15.8 Å². The molecule has 0 nitrogen and oxygen atoms in total. The Morgan fingerprint density at radius 3 is 0.953 bits per heavy atom. The van der Waals surface area contributed by atoms with Gasteiger partial charge in [0, 0.05) is 0 Å². The van der Waals surface area contributed by atoms with E-state index in [1.165, 1.54) is 73.3 Å². The van der Waals surface area contributed by atoms with Crippen LogP contribution in [-0.2, 0) is 12.8 Å². The Hall–Kier alpha value is -3.82. The van der Waals surface area contributed by atoms with Crippen molar-refractivity contribution in [3.8, 4) is 11.1 Å². The first-order valence-electron chi connectivity index (χ1n) is 15.4. The average Bonchev–Trinajstić information content (AvgIpc) is 3.17. The van der Waals surface area contributed by atoms with Crippen molar-refractivity contribution >= 4 is 47.7 Å². The maximum absolute atomic E-state index is 2.44. The second-order valence-electron chi connectivity index (χ2n) is 11.2. The lowest BCUT2D eigenvalue weighted by molar-refractivity contribution is 0.683. The van der Waals surface area contributed by atoms with Crippen LogP contribution < -0.4 is 31.8 Å². The SMILES string of the molecule is c1ccc(P(c2ccccc2)c2cccc3c2-c2c(cccc2P(c2ccccc2)c2ccccc2)CCCCC3)cc1. The van der Waals surface area contributed by atoms with Crippen LogP contribution in [0.15, 0.2) is 158 Å². The fraction of sp³-hybridized carbons (Fsp3) is 0.122. The number of hydrogen-bond acceptors (Lipinski definition) is 0. The smallest absolute Gasteiger partial charge is 0.00588 e. The molecule has 0 bridgehead atoms. The van der Waals surface area contributed by atoms with Crippen molar-refractivity contribution < 1.29 is 0 Å². The molecule has 2 heteroatoms. The van der Waals surface area contributed by atoms with E-state index in [0.29, 0.717) is 0 Å². The molecular weight excluding hydrogens is 554 g/mol. The molecule has 0 spiro atoms. The molecule has 0 aromatic heterocycles. The molecule has 0 atom stereocenters. The van der Waals surface area contributed by atoms with Crippen LogP contribution in [0.3, 0.4) is 0 Å². The number of fused-ring (bicyclic) bond motifs is 3. The van der Waals surface area contributed by atoms with Gasteiger partial charge in [0.05, 0.1) is 0 Å². The highest BCUT2D eigenvalue weighted by molar-refractivity contribution is 7.80. The summed E-state index contributed by atoms with van der Waals surface area (Å²) in [6.45, 7) is 0. The molecule has 0 amide bonds. The van der Waals surface area contributed by atoms with Crippen molar-refractivity contribution in [1.82, 2.24) is 0 Å². The molecule has 1 aliphatic carbocycles. The minimum absolute atomic E-state index is 0.747. The van der Waals surface area contributed by atoms with Crippen molar-refractivity contribution in [2.75, 3.05) is 0 Å². The molecule has 6 aromatic rings. The third-order valence-electron chi connectivity index (χ3n) is 8.44. The van der Waals surface area contributed by atoms with Gasteiger partial charge < -0.3 is 0 Å². The number of benzene rings is 6. The summed E-state index contributed by atoms with van der Waals surface area (Å²) in [6, 6.07) is 59.2. The summed E-state index contributed by atoms with van der Waals surface area (Å²) in [5.74, 6) is 0. The Morgan fingerprint density at radius 1 is 0.302 bits per heavy atom. The zero-order chi connectivity index (χ0) is 28.8. The lowest BCUT2D eigenvalue weighted by atomic mass is 9.93. The monoisotopic (exact) mass is 590 g/mol. The number of aryl methyl sites for hydroxylation is 2. The van der Waals surface area contributed by atoms with Crippen LogP contribution in [-0.4, -0.2) is 0 Å². The lowest BCUT2D eigenvalue weighted by Crippen LogP contribution is -2.27. The zero-order valence-corrected chi connectivity index (χ0v) is 26.2. The van der Waals surface area contributed by atoms with Gasteiger partial charge in [0.2, 0.25) is 0 Å². The molecule has 0 saturated carbocycles. The normalized spacial score (nSPS) is 13.1. The first-order valence-corrected chi connectivity index (χ1v) is 18.1. The summed E-state index contributed by atoms with van der Waals surface area (Å²) in [7, 11) is -1.49. The van der Waals surface area contributed by atoms with Gasteiger partial charge in [0.25, 0.3) is 0 Å². The zero-order valence-electron chi connectivity index (χ0n) is 24.4. The summed E-state index contributed by atoms with van der Waals surface area (Å²) < 4.78 is 0. The van der Waals surface area contributed by atoms with E-state index >= 15 is 0 Å². The van der Waals surface area contributed by atoms with Gasteiger partial charge in [-0.3, -0.25) is 0 Å². The van der Waals surface area contributed by atoms with E-state index in [-0.39, 0.29) is 0 Å². The first kappa shape index (κ1) is 28.0. The number of rotatable bonds is 6. The van der Waals surface area contributed by atoms with Crippen LogP contribution in [0.1, 0.15) is 30.4 Å². The van der Waals surface area contributed by atoms with Crippen LogP contribution >= 0.6 is 15.8 Å². The molecule has 43 heavy (non-hydrogen) atoms. The van der Waals surface area contributed by atoms with Gasteiger partial charge >= 0.3 is 0 Å². The second kappa shape index (κ2) is 13.2. The molecule has 7 rings (SSSR count). The van der Waals surface area contributed by atoms with E-state index in [4.69, 9.17) is 0 Å². The highest BCUT2D eigenvalue weighted by Crippen LogP contribution is 2.44. The van der Waals surface area contributed by atoms with Crippen LogP contribution in [0, 0.1) is 0 Å². The lowest BCUT2D eigenvalue weighted by Gasteiger charge is -2.29. The standard InChI is InChI=1S/C41H36P2/c1-6-18-32-20-16-30-38(42(34-22-8-2-9-23-34)35-24-10-3-11-25-35)40(32)41-33(19-7-1)21-17-31-39(41)43(36-26-12-4-13-27-36)37-28-14-5-15-29-37/h2-5,8-17,20-31H,1,6-7,18-19H2. The van der Waals surface area contributed by atoms with Gasteiger partial charge in [0.1, 0.15) is 0 Å². The molecule has 0 saturated heterocycles. The van der Waals surface area contributed by atoms with Crippen LogP contribution in [0.5, 0.6) is 0 Å². The van der Waals surface area contributed by atoms with Crippen molar-refractivity contribution in [3.05, 3.63) is 169 Å². The maximum atomic E-state index is 2.44. The van der Waals surface area contributed by atoms with E-state index in [9.17, 15) is 0 Å². The Bertz CT molecular complexity index is 1570. The van der Waals surface area contributed by atoms with Gasteiger partial charge in [-0.15, -0.1) is 0 Å². The Labute approximate surface area is 259 Å². The fourth-order valence-electron chi connectivity index (χ4n) is 6.51. The summed E-state index contributed by atoms with van der Waals surface area (Å²) in [5.41, 5.74) is 5.99. The molecule has 6 aromatic carbocycles. The van der Waals surface area contributed by atoms with Crippen LogP contribution in [0.2, 0.25) is 0 Å². The molecule has 210 valence electrons. The maximum Gasteiger partial charge on any atom is -0.00588 e. The van der Waals surface area contributed by atoms with Gasteiger partial charge in [-0.1, -0.05) is 164 Å². The topological polar surface area (TPSA) is 0 Å². The summed E-state index contributed by atoms with van der Waals surface area (Å²) in [4.78, 5) is 0. The minimum Gasteiger partial charge on any atom is -0.0622 e. The molecule has 0 N–H and O–H groups in total. The van der Waals surface area contributed by atoms with Crippen molar-refractivity contribution in [1.29, 1.82) is 0 Å². The van der Waals surface area contributed by atoms with Crippen LogP contribution in [0.4, 0.5) is 0 Å². The highest BCUT2D eigenvalue weighted by Gasteiger charge is 2.28. The molecule has 1 aliphatic rings. The second-order valence-corrected chi connectivity index (χ2v) is 15.6. The van der Waals surface area contributed by atoms with Gasteiger partial charge in [0.15, 0.2) is 0 Å². The van der Waals surface area contributed by atoms with Gasteiger partial charge in [-0.05, 0) is 95.6 Å². The number of hydrogen-bond donors (Lipinski definition) is 0. The quantitative estimate of drug-likeness (QED) is 0.172. The Balaban J connectivity index is 1.55. The average molecular weight is 591 g/mol. The van der Waals surface area contributed by atoms with E-state index in [0.717, 1.165) is 12.8 Å². The summed E-state index contributed by atoms with van der Waals surface area (Å²) >= 11 is 0. The first-order chi connectivity index (χ1) is 21.4. The minimum atomic E-state index is -0.747. The molecule has 0 fully saturated rings. The van der Waals surface area contributed by atoms with Crippen molar-refractivity contribution in [2.45, 2.75) is 32.1 Å². The van der Waals surface area contributed by atoms with Gasteiger partial charge in [-0.25, -0.2) is 0 Å². The van der Waals surface area contributed by atoms with Crippen LogP contribution in [0.25, 0.3) is 11.1 Å². The van der Waals surface area contributed by atoms with Crippen molar-refractivity contribution in [3.63, 3.8) is 0 Å². The van der Waals surface area contributed by atoms with E-state index in [1.54, 1.807) is 0 Å². The van der Waals surface area contributed by atoms with Gasteiger partial charge in [-0.2, -0.15) is 0 Å². The predicted octanol–water partition coefficient (Wildman–Crippen LogP) is 8.14. The summed E-state index contributed by atoms with van der Waals surface area (Å²) in [6.07, 6.45) is 5.99. The molecule has 0 unspecified atom stereocenters. The molecule has 0 heterocycles. The molecular formula is C41H36P2. The Morgan fingerprint density at radius 2 is 0.628 bits per heavy atom. The van der Waals surface area contributed by atoms with E-state index in [2.05, 4.69) is 158 Å². The fourth-order valence-corrected chi connectivity index (χ4v) is 11.5. The Kier molecular flexibility index (Phi) is 8.60. The third-order valence-corrected chi connectivity index (χ3v) is 13.4. The van der Waals surface area contributed by atoms with Crippen molar-refractivity contribution in [2.24, 2.45) is 0 Å².